The number of nitrogens with zero attached hydrogens (tertiary/aromatic N) is 1. The van der Waals surface area contributed by atoms with Crippen molar-refractivity contribution in [2.45, 2.75) is 76.0 Å². The molecule has 59 heavy (non-hydrogen) atoms. The minimum Gasteiger partial charge on any atom is -0.310 e. The lowest BCUT2D eigenvalue weighted by Gasteiger charge is -2.61. The van der Waals surface area contributed by atoms with Crippen LogP contribution in [-0.4, -0.2) is 0 Å². The molecule has 4 fully saturated rings. The fourth-order valence-electron chi connectivity index (χ4n) is 14.5. The van der Waals surface area contributed by atoms with E-state index in [1.807, 2.05) is 0 Å². The first-order valence-electron chi connectivity index (χ1n) is 22.4. The molecule has 4 saturated carbocycles. The Morgan fingerprint density at radius 1 is 0.373 bits per heavy atom. The Morgan fingerprint density at radius 3 is 1.46 bits per heavy atom. The van der Waals surface area contributed by atoms with E-state index >= 15 is 0 Å². The summed E-state index contributed by atoms with van der Waals surface area (Å²) in [6, 6.07) is 58.9. The second-order valence-corrected chi connectivity index (χ2v) is 20.1. The van der Waals surface area contributed by atoms with Gasteiger partial charge in [-0.25, -0.2) is 0 Å². The van der Waals surface area contributed by atoms with Crippen LogP contribution in [-0.2, 0) is 16.2 Å². The van der Waals surface area contributed by atoms with Gasteiger partial charge in [0, 0.05) is 33.2 Å². The van der Waals surface area contributed by atoms with E-state index < -0.39 is 0 Å². The molecule has 14 rings (SSSR count). The van der Waals surface area contributed by atoms with Crippen LogP contribution in [0.4, 0.5) is 17.1 Å². The average Bonchev–Trinajstić information content (AvgIpc) is 3.77. The van der Waals surface area contributed by atoms with Crippen LogP contribution in [0.5, 0.6) is 0 Å². The molecule has 0 atom stereocenters. The molecule has 0 N–H and O–H groups in total. The molecule has 7 aliphatic carbocycles. The topological polar surface area (TPSA) is 3.24 Å². The lowest BCUT2D eigenvalue weighted by Crippen LogP contribution is -2.55. The fraction of sp³-hybridized carbons (Fsp3) is 0.276. The Morgan fingerprint density at radius 2 is 0.814 bits per heavy atom. The highest BCUT2D eigenvalue weighted by Crippen LogP contribution is 2.70. The fourth-order valence-corrected chi connectivity index (χ4v) is 14.5. The van der Waals surface area contributed by atoms with Crippen molar-refractivity contribution in [2.75, 3.05) is 4.90 Å². The van der Waals surface area contributed by atoms with Gasteiger partial charge in [-0.2, -0.15) is 0 Å². The maximum Gasteiger partial charge on any atom is 0.0540 e. The van der Waals surface area contributed by atoms with Crippen LogP contribution < -0.4 is 4.90 Å². The maximum absolute atomic E-state index is 2.68. The molecular formula is C58H51N. The van der Waals surface area contributed by atoms with Gasteiger partial charge < -0.3 is 4.90 Å². The standard InChI is InChI=1S/C58H51N/c1-56(2)49-20-9-5-14-41(49)44-26-24-39(33-52(44)56)59(54-23-12-8-17-46(54)48-19-13-18-47-43-16-6-10-21-50(43)57(3,4)55(47)48)40-25-27-45-42-15-7-11-22-51(42)58(53(45)34-40)37-29-35-28-36(31-37)32-38(58)30-35/h5-27,33-38H,28-32H2,1-4H3. The quantitative estimate of drug-likeness (QED) is 0.173. The summed E-state index contributed by atoms with van der Waals surface area (Å²) in [6.45, 7) is 9.67. The highest BCUT2D eigenvalue weighted by atomic mass is 15.1. The lowest BCUT2D eigenvalue weighted by molar-refractivity contribution is -0.0399. The van der Waals surface area contributed by atoms with Crippen molar-refractivity contribution in [1.82, 2.24) is 0 Å². The van der Waals surface area contributed by atoms with Crippen LogP contribution in [0.15, 0.2) is 152 Å². The van der Waals surface area contributed by atoms with Crippen molar-refractivity contribution in [3.05, 3.63) is 185 Å². The minimum atomic E-state index is -0.130. The predicted molar refractivity (Wildman–Crippen MR) is 245 cm³/mol. The highest BCUT2D eigenvalue weighted by Gasteiger charge is 2.61. The van der Waals surface area contributed by atoms with E-state index in [1.54, 1.807) is 11.1 Å². The third-order valence-corrected chi connectivity index (χ3v) is 16.6. The molecule has 1 spiro atoms. The van der Waals surface area contributed by atoms with Crippen LogP contribution in [0.2, 0.25) is 0 Å². The Kier molecular flexibility index (Phi) is 6.82. The van der Waals surface area contributed by atoms with Crippen molar-refractivity contribution in [2.24, 2.45) is 23.7 Å². The molecule has 0 aliphatic heterocycles. The van der Waals surface area contributed by atoms with Crippen LogP contribution in [0.3, 0.4) is 0 Å². The Balaban J connectivity index is 1.06. The van der Waals surface area contributed by atoms with Gasteiger partial charge in [-0.1, -0.05) is 149 Å². The average molecular weight is 762 g/mol. The Bertz CT molecular complexity index is 2890. The van der Waals surface area contributed by atoms with Gasteiger partial charge in [0.1, 0.15) is 0 Å². The first kappa shape index (κ1) is 34.2. The number of anilines is 3. The lowest BCUT2D eigenvalue weighted by atomic mass is 9.43. The van der Waals surface area contributed by atoms with Gasteiger partial charge >= 0.3 is 0 Å². The maximum atomic E-state index is 2.68. The molecule has 0 heterocycles. The molecule has 0 radical (unpaired) electrons. The SMILES string of the molecule is CC1(C)c2ccccc2-c2ccc(N(c3ccc4c(c3)C3(c5ccccc5-4)C4CC5CC(C4)CC3C5)c3ccccc3-c3cccc4c3C(C)(C)c3ccccc3-4)cc21. The van der Waals surface area contributed by atoms with Crippen LogP contribution in [0.1, 0.15) is 93.2 Å². The summed E-state index contributed by atoms with van der Waals surface area (Å²) in [7, 11) is 0. The molecule has 0 saturated heterocycles. The molecule has 288 valence electrons. The van der Waals surface area contributed by atoms with E-state index in [2.05, 4.69) is 184 Å². The molecule has 7 aromatic carbocycles. The summed E-state index contributed by atoms with van der Waals surface area (Å²) in [6.07, 6.45) is 7.00. The number of hydrogen-bond acceptors (Lipinski definition) is 1. The molecule has 0 unspecified atom stereocenters. The summed E-state index contributed by atoms with van der Waals surface area (Å²) >= 11 is 0. The van der Waals surface area contributed by atoms with Gasteiger partial charge in [0.15, 0.2) is 0 Å². The van der Waals surface area contributed by atoms with E-state index in [4.69, 9.17) is 0 Å². The third-order valence-electron chi connectivity index (χ3n) is 16.6. The Hall–Kier alpha value is -5.66. The van der Waals surface area contributed by atoms with Gasteiger partial charge in [-0.15, -0.1) is 0 Å². The van der Waals surface area contributed by atoms with Crippen molar-refractivity contribution in [3.63, 3.8) is 0 Å². The smallest absolute Gasteiger partial charge is 0.0540 e. The van der Waals surface area contributed by atoms with Gasteiger partial charge in [-0.05, 0) is 158 Å². The first-order chi connectivity index (χ1) is 28.7. The van der Waals surface area contributed by atoms with Gasteiger partial charge in [0.2, 0.25) is 0 Å². The Labute approximate surface area is 349 Å². The van der Waals surface area contributed by atoms with Gasteiger partial charge in [0.05, 0.1) is 5.69 Å². The van der Waals surface area contributed by atoms with E-state index in [1.165, 1.54) is 116 Å². The number of para-hydroxylation sites is 1. The van der Waals surface area contributed by atoms with Crippen LogP contribution in [0.25, 0.3) is 44.5 Å². The van der Waals surface area contributed by atoms with Crippen molar-refractivity contribution >= 4 is 17.1 Å². The molecule has 0 aromatic heterocycles. The van der Waals surface area contributed by atoms with E-state index in [-0.39, 0.29) is 16.2 Å². The molecular weight excluding hydrogens is 711 g/mol. The monoisotopic (exact) mass is 761 g/mol. The normalized spacial score (nSPS) is 24.9. The van der Waals surface area contributed by atoms with Crippen LogP contribution in [0, 0.1) is 23.7 Å². The third kappa shape index (κ3) is 4.36. The summed E-state index contributed by atoms with van der Waals surface area (Å²) in [5, 5.41) is 0. The largest absolute Gasteiger partial charge is 0.310 e. The summed E-state index contributed by atoms with van der Waals surface area (Å²) in [4.78, 5) is 2.64. The minimum absolute atomic E-state index is 0.0954. The molecule has 7 aromatic rings. The molecule has 1 heteroatoms. The van der Waals surface area contributed by atoms with E-state index in [9.17, 15) is 0 Å². The van der Waals surface area contributed by atoms with Gasteiger partial charge in [-0.3, -0.25) is 0 Å². The number of fused-ring (bicyclic) bond motifs is 9. The van der Waals surface area contributed by atoms with E-state index in [0.29, 0.717) is 11.8 Å². The van der Waals surface area contributed by atoms with E-state index in [0.717, 1.165) is 11.8 Å². The predicted octanol–water partition coefficient (Wildman–Crippen LogP) is 15.2. The summed E-state index contributed by atoms with van der Waals surface area (Å²) < 4.78 is 0. The van der Waals surface area contributed by atoms with Crippen LogP contribution >= 0.6 is 0 Å². The molecule has 0 amide bonds. The second kappa shape index (κ2) is 11.8. The number of benzene rings is 7. The molecule has 4 bridgehead atoms. The number of rotatable bonds is 4. The highest BCUT2D eigenvalue weighted by molar-refractivity contribution is 5.96. The summed E-state index contributed by atoms with van der Waals surface area (Å²) in [5.41, 5.74) is 23.5. The van der Waals surface area contributed by atoms with Gasteiger partial charge in [0.25, 0.3) is 0 Å². The summed E-state index contributed by atoms with van der Waals surface area (Å²) in [5.74, 6) is 3.25. The zero-order valence-corrected chi connectivity index (χ0v) is 34.7. The zero-order chi connectivity index (χ0) is 39.4. The molecule has 7 aliphatic rings. The number of hydrogen-bond donors (Lipinski definition) is 0. The van der Waals surface area contributed by atoms with Crippen molar-refractivity contribution < 1.29 is 0 Å². The van der Waals surface area contributed by atoms with Crippen molar-refractivity contribution in [1.29, 1.82) is 0 Å². The molecule has 1 nitrogen and oxygen atoms in total. The second-order valence-electron chi connectivity index (χ2n) is 20.1. The van der Waals surface area contributed by atoms with Crippen molar-refractivity contribution in [3.8, 4) is 44.5 Å². The zero-order valence-electron chi connectivity index (χ0n) is 34.7. The first-order valence-corrected chi connectivity index (χ1v) is 22.4.